The van der Waals surface area contributed by atoms with Crippen molar-refractivity contribution in [3.05, 3.63) is 34.9 Å². The minimum Gasteiger partial charge on any atom is -0.379 e. The van der Waals surface area contributed by atoms with Crippen molar-refractivity contribution in [3.63, 3.8) is 0 Å². The van der Waals surface area contributed by atoms with Crippen molar-refractivity contribution < 1.29 is 4.74 Å². The van der Waals surface area contributed by atoms with Gasteiger partial charge >= 0.3 is 0 Å². The molecule has 0 aromatic heterocycles. The average Bonchev–Trinajstić information content (AvgIpc) is 2.39. The van der Waals surface area contributed by atoms with Gasteiger partial charge in [0.1, 0.15) is 0 Å². The van der Waals surface area contributed by atoms with E-state index < -0.39 is 0 Å². The molecule has 17 heavy (non-hydrogen) atoms. The molecule has 1 heterocycles. The van der Waals surface area contributed by atoms with E-state index in [1.807, 2.05) is 0 Å². The van der Waals surface area contributed by atoms with Gasteiger partial charge in [0, 0.05) is 19.1 Å². The summed E-state index contributed by atoms with van der Waals surface area (Å²) in [5.74, 6) is 0. The lowest BCUT2D eigenvalue weighted by Gasteiger charge is -2.37. The van der Waals surface area contributed by atoms with Gasteiger partial charge in [0.15, 0.2) is 0 Å². The SMILES string of the molecule is Cc1ccc2c(c1)CCC(N1CCOCC1)C2. The molecule has 1 fully saturated rings. The van der Waals surface area contributed by atoms with Gasteiger partial charge in [-0.25, -0.2) is 0 Å². The molecule has 2 nitrogen and oxygen atoms in total. The Morgan fingerprint density at radius 2 is 2.00 bits per heavy atom. The third kappa shape index (κ3) is 2.38. The lowest BCUT2D eigenvalue weighted by atomic mass is 9.86. The van der Waals surface area contributed by atoms with Crippen LogP contribution in [0.4, 0.5) is 0 Å². The van der Waals surface area contributed by atoms with Crippen LogP contribution in [0.3, 0.4) is 0 Å². The third-order valence-corrected chi connectivity index (χ3v) is 4.13. The third-order valence-electron chi connectivity index (χ3n) is 4.13. The summed E-state index contributed by atoms with van der Waals surface area (Å²) in [5.41, 5.74) is 4.54. The van der Waals surface area contributed by atoms with Gasteiger partial charge in [-0.3, -0.25) is 4.90 Å². The molecule has 1 aromatic carbocycles. The minimum absolute atomic E-state index is 0.745. The van der Waals surface area contributed by atoms with E-state index in [1.54, 1.807) is 11.1 Å². The molecule has 3 rings (SSSR count). The summed E-state index contributed by atoms with van der Waals surface area (Å²) in [6.07, 6.45) is 3.80. The molecule has 0 spiro atoms. The molecular formula is C15H21NO. The second-order valence-electron chi connectivity index (χ2n) is 5.32. The van der Waals surface area contributed by atoms with Crippen molar-refractivity contribution in [3.8, 4) is 0 Å². The summed E-state index contributed by atoms with van der Waals surface area (Å²) in [4.78, 5) is 2.62. The van der Waals surface area contributed by atoms with Gasteiger partial charge in [0.05, 0.1) is 13.2 Å². The number of hydrogen-bond acceptors (Lipinski definition) is 2. The van der Waals surface area contributed by atoms with Crippen molar-refractivity contribution in [2.45, 2.75) is 32.2 Å². The number of nitrogens with zero attached hydrogens (tertiary/aromatic N) is 1. The Morgan fingerprint density at radius 1 is 1.18 bits per heavy atom. The smallest absolute Gasteiger partial charge is 0.0594 e. The number of hydrogen-bond donors (Lipinski definition) is 0. The van der Waals surface area contributed by atoms with Gasteiger partial charge in [-0.2, -0.15) is 0 Å². The molecular weight excluding hydrogens is 210 g/mol. The first-order valence-electron chi connectivity index (χ1n) is 6.73. The highest BCUT2D eigenvalue weighted by Gasteiger charge is 2.25. The summed E-state index contributed by atoms with van der Waals surface area (Å²) in [6, 6.07) is 7.69. The van der Waals surface area contributed by atoms with Gasteiger partial charge in [0.2, 0.25) is 0 Å². The minimum atomic E-state index is 0.745. The lowest BCUT2D eigenvalue weighted by molar-refractivity contribution is 0.0137. The van der Waals surface area contributed by atoms with Gasteiger partial charge < -0.3 is 4.74 Å². The second kappa shape index (κ2) is 4.79. The molecule has 0 radical (unpaired) electrons. The highest BCUT2D eigenvalue weighted by molar-refractivity contribution is 5.34. The van der Waals surface area contributed by atoms with Crippen molar-refractivity contribution >= 4 is 0 Å². The van der Waals surface area contributed by atoms with Crippen molar-refractivity contribution in [2.24, 2.45) is 0 Å². The normalized spacial score (nSPS) is 25.6. The van der Waals surface area contributed by atoms with Crippen LogP contribution in [0.1, 0.15) is 23.1 Å². The first-order chi connectivity index (χ1) is 8.33. The van der Waals surface area contributed by atoms with E-state index in [-0.39, 0.29) is 0 Å². The van der Waals surface area contributed by atoms with E-state index in [0.29, 0.717) is 0 Å². The standard InChI is InChI=1S/C15H21NO/c1-12-2-3-14-11-15(5-4-13(14)10-12)16-6-8-17-9-7-16/h2-3,10,15H,4-9,11H2,1H3. The molecule has 0 N–H and O–H groups in total. The van der Waals surface area contributed by atoms with Crippen LogP contribution in [0.5, 0.6) is 0 Å². The lowest BCUT2D eigenvalue weighted by Crippen LogP contribution is -2.45. The number of rotatable bonds is 1. The highest BCUT2D eigenvalue weighted by Crippen LogP contribution is 2.25. The number of aryl methyl sites for hydroxylation is 2. The van der Waals surface area contributed by atoms with Gasteiger partial charge in [0.25, 0.3) is 0 Å². The molecule has 2 aliphatic rings. The Balaban J connectivity index is 1.73. The van der Waals surface area contributed by atoms with E-state index in [4.69, 9.17) is 4.74 Å². The van der Waals surface area contributed by atoms with Crippen LogP contribution in [0, 0.1) is 6.92 Å². The molecule has 1 aliphatic carbocycles. The van der Waals surface area contributed by atoms with Crippen LogP contribution in [0.15, 0.2) is 18.2 Å². The molecule has 1 atom stereocenters. The number of benzene rings is 1. The Bertz CT molecular complexity index is 396. The van der Waals surface area contributed by atoms with E-state index in [9.17, 15) is 0 Å². The Kier molecular flexibility index (Phi) is 3.17. The summed E-state index contributed by atoms with van der Waals surface area (Å²) >= 11 is 0. The quantitative estimate of drug-likeness (QED) is 0.734. The largest absolute Gasteiger partial charge is 0.379 e. The van der Waals surface area contributed by atoms with Crippen molar-refractivity contribution in [2.75, 3.05) is 26.3 Å². The summed E-state index contributed by atoms with van der Waals surface area (Å²) in [6.45, 7) is 6.25. The van der Waals surface area contributed by atoms with Crippen LogP contribution >= 0.6 is 0 Å². The van der Waals surface area contributed by atoms with Crippen molar-refractivity contribution in [1.29, 1.82) is 0 Å². The maximum absolute atomic E-state index is 5.43. The zero-order valence-corrected chi connectivity index (χ0v) is 10.6. The van der Waals surface area contributed by atoms with Crippen LogP contribution < -0.4 is 0 Å². The first kappa shape index (κ1) is 11.2. The fourth-order valence-electron chi connectivity index (χ4n) is 3.12. The number of morpholine rings is 1. The van der Waals surface area contributed by atoms with Gasteiger partial charge in [-0.05, 0) is 37.3 Å². The highest BCUT2D eigenvalue weighted by atomic mass is 16.5. The first-order valence-corrected chi connectivity index (χ1v) is 6.73. The van der Waals surface area contributed by atoms with Crippen LogP contribution in [-0.4, -0.2) is 37.2 Å². The molecule has 1 unspecified atom stereocenters. The fraction of sp³-hybridized carbons (Fsp3) is 0.600. The maximum atomic E-state index is 5.43. The summed E-state index contributed by atoms with van der Waals surface area (Å²) < 4.78 is 5.43. The van der Waals surface area contributed by atoms with Crippen molar-refractivity contribution in [1.82, 2.24) is 4.90 Å². The molecule has 0 amide bonds. The molecule has 92 valence electrons. The monoisotopic (exact) mass is 231 g/mol. The molecule has 0 saturated carbocycles. The predicted octanol–water partition coefficient (Wildman–Crippen LogP) is 2.18. The van der Waals surface area contributed by atoms with Gasteiger partial charge in [-0.15, -0.1) is 0 Å². The Hall–Kier alpha value is -0.860. The number of fused-ring (bicyclic) bond motifs is 1. The van der Waals surface area contributed by atoms with Crippen LogP contribution in [-0.2, 0) is 17.6 Å². The zero-order chi connectivity index (χ0) is 11.7. The van der Waals surface area contributed by atoms with E-state index in [0.717, 1.165) is 32.3 Å². The molecule has 1 aliphatic heterocycles. The average molecular weight is 231 g/mol. The van der Waals surface area contributed by atoms with Crippen LogP contribution in [0.2, 0.25) is 0 Å². The zero-order valence-electron chi connectivity index (χ0n) is 10.6. The topological polar surface area (TPSA) is 12.5 Å². The summed E-state index contributed by atoms with van der Waals surface area (Å²) in [7, 11) is 0. The van der Waals surface area contributed by atoms with Crippen LogP contribution in [0.25, 0.3) is 0 Å². The van der Waals surface area contributed by atoms with E-state index in [1.165, 1.54) is 24.8 Å². The maximum Gasteiger partial charge on any atom is 0.0594 e. The molecule has 1 saturated heterocycles. The molecule has 1 aromatic rings. The fourth-order valence-corrected chi connectivity index (χ4v) is 3.12. The Morgan fingerprint density at radius 3 is 2.82 bits per heavy atom. The molecule has 2 heteroatoms. The predicted molar refractivity (Wildman–Crippen MR) is 69.4 cm³/mol. The number of ether oxygens (including phenoxy) is 1. The van der Waals surface area contributed by atoms with E-state index in [2.05, 4.69) is 30.0 Å². The molecule has 0 bridgehead atoms. The summed E-state index contributed by atoms with van der Waals surface area (Å²) in [5, 5.41) is 0. The van der Waals surface area contributed by atoms with Gasteiger partial charge in [-0.1, -0.05) is 23.8 Å². The second-order valence-corrected chi connectivity index (χ2v) is 5.32. The van der Waals surface area contributed by atoms with E-state index >= 15 is 0 Å². The Labute approximate surface area is 104 Å².